The number of halogens is 1. The van der Waals surface area contributed by atoms with Gasteiger partial charge in [-0.25, -0.2) is 4.39 Å². The quantitative estimate of drug-likeness (QED) is 0.610. The molecule has 0 radical (unpaired) electrons. The zero-order valence-electron chi connectivity index (χ0n) is 13.8. The normalized spacial score (nSPS) is 12.7. The minimum Gasteiger partial charge on any atom is -0.426 e. The largest absolute Gasteiger partial charge is 0.426 e. The molecule has 0 fully saturated rings. The molecule has 0 saturated carbocycles. The third-order valence-electron chi connectivity index (χ3n) is 4.35. The lowest BCUT2D eigenvalue weighted by atomic mass is 9.61. The highest BCUT2D eigenvalue weighted by Gasteiger charge is 2.36. The Kier molecular flexibility index (Phi) is 5.43. The number of benzene rings is 1. The van der Waals surface area contributed by atoms with Gasteiger partial charge in [-0.1, -0.05) is 40.6 Å². The van der Waals surface area contributed by atoms with Gasteiger partial charge in [-0.3, -0.25) is 0 Å². The van der Waals surface area contributed by atoms with Crippen LogP contribution < -0.4 is 10.8 Å². The van der Waals surface area contributed by atoms with Crippen LogP contribution in [0.1, 0.15) is 47.1 Å². The minimum absolute atomic E-state index is 0.00806. The zero-order chi connectivity index (χ0) is 15.7. The fraction of sp³-hybridized carbons (Fsp3) is 0.625. The Hall–Kier alpha value is -0.395. The van der Waals surface area contributed by atoms with Gasteiger partial charge in [0.15, 0.2) is 0 Å². The first-order valence-electron chi connectivity index (χ1n) is 7.25. The molecule has 0 N–H and O–H groups in total. The van der Waals surface area contributed by atoms with E-state index in [1.165, 1.54) is 0 Å². The molecule has 0 aliphatic carbocycles. The first-order valence-corrected chi connectivity index (χ1v) is 7.83. The van der Waals surface area contributed by atoms with Gasteiger partial charge in [0.25, 0.3) is 0 Å². The molecule has 0 aromatic heterocycles. The molecule has 20 heavy (non-hydrogen) atoms. The molecule has 0 aliphatic rings. The molecule has 0 aliphatic heterocycles. The summed E-state index contributed by atoms with van der Waals surface area (Å²) in [5, 5.41) is 0.927. The second kappa shape index (κ2) is 6.16. The van der Waals surface area contributed by atoms with Crippen LogP contribution >= 0.6 is 9.24 Å². The van der Waals surface area contributed by atoms with Gasteiger partial charge >= 0.3 is 6.92 Å². The smallest absolute Gasteiger partial charge is 0.327 e. The molecular formula is C16H27BFOP. The Morgan fingerprint density at radius 2 is 1.75 bits per heavy atom. The molecule has 1 atom stereocenters. The maximum absolute atomic E-state index is 14.2. The Morgan fingerprint density at radius 1 is 1.20 bits per heavy atom. The fourth-order valence-electron chi connectivity index (χ4n) is 1.95. The number of aryl methyl sites for hydroxylation is 1. The van der Waals surface area contributed by atoms with Crippen molar-refractivity contribution in [2.45, 2.75) is 60.4 Å². The highest BCUT2D eigenvalue weighted by atomic mass is 31.0. The first-order chi connectivity index (χ1) is 8.99. The van der Waals surface area contributed by atoms with E-state index in [9.17, 15) is 4.39 Å². The Balaban J connectivity index is 3.07. The highest BCUT2D eigenvalue weighted by Crippen LogP contribution is 2.33. The van der Waals surface area contributed by atoms with Gasteiger partial charge in [0.1, 0.15) is 5.82 Å². The van der Waals surface area contributed by atoms with Gasteiger partial charge in [-0.15, -0.1) is 9.24 Å². The predicted octanol–water partition coefficient (Wildman–Crippen LogP) is 3.56. The lowest BCUT2D eigenvalue weighted by Crippen LogP contribution is -2.48. The molecule has 0 spiro atoms. The van der Waals surface area contributed by atoms with Gasteiger partial charge in [0.05, 0.1) is 5.60 Å². The monoisotopic (exact) mass is 296 g/mol. The molecule has 112 valence electrons. The van der Waals surface area contributed by atoms with Gasteiger partial charge in [-0.2, -0.15) is 0 Å². The topological polar surface area (TPSA) is 9.23 Å². The number of rotatable bonds is 4. The lowest BCUT2D eigenvalue weighted by Gasteiger charge is -2.41. The molecule has 4 heteroatoms. The van der Waals surface area contributed by atoms with Gasteiger partial charge in [0.2, 0.25) is 0 Å². The molecule has 1 unspecified atom stereocenters. The van der Waals surface area contributed by atoms with Crippen molar-refractivity contribution in [3.63, 3.8) is 0 Å². The van der Waals surface area contributed by atoms with Crippen molar-refractivity contribution < 1.29 is 9.04 Å². The van der Waals surface area contributed by atoms with E-state index < -0.39 is 0 Å². The molecule has 0 amide bonds. The van der Waals surface area contributed by atoms with E-state index in [1.54, 1.807) is 6.07 Å². The minimum atomic E-state index is -0.329. The summed E-state index contributed by atoms with van der Waals surface area (Å²) in [6, 6.07) is 3.52. The van der Waals surface area contributed by atoms with E-state index in [4.69, 9.17) is 4.65 Å². The Bertz CT molecular complexity index is 480. The van der Waals surface area contributed by atoms with Crippen LogP contribution in [0.25, 0.3) is 0 Å². The van der Waals surface area contributed by atoms with Crippen LogP contribution in [-0.4, -0.2) is 12.5 Å². The molecule has 0 heterocycles. The second-order valence-electron chi connectivity index (χ2n) is 6.95. The average Bonchev–Trinajstić information content (AvgIpc) is 2.26. The molecular weight excluding hydrogens is 269 g/mol. The third-order valence-corrected chi connectivity index (χ3v) is 4.89. The van der Waals surface area contributed by atoms with Gasteiger partial charge in [-0.05, 0) is 48.1 Å². The maximum atomic E-state index is 14.2. The number of hydrogen-bond donors (Lipinski definition) is 0. The summed E-state index contributed by atoms with van der Waals surface area (Å²) < 4.78 is 20.4. The van der Waals surface area contributed by atoms with Crippen LogP contribution in [0.5, 0.6) is 0 Å². The van der Waals surface area contributed by atoms with Crippen LogP contribution in [0.2, 0.25) is 6.82 Å². The summed E-state index contributed by atoms with van der Waals surface area (Å²) in [6.07, 6.45) is 0.890. The standard InChI is InChI=1S/C16H27BFOP/c1-8-11-9-12(13(18)10-14(11)20)17(7)19-16(5,6)15(2,3)4/h9-10H,8,20H2,1-7H3. The van der Waals surface area contributed by atoms with Crippen molar-refractivity contribution in [1.29, 1.82) is 0 Å². The molecule has 0 bridgehead atoms. The van der Waals surface area contributed by atoms with Gasteiger partial charge < -0.3 is 4.65 Å². The van der Waals surface area contributed by atoms with Crippen LogP contribution in [0.15, 0.2) is 12.1 Å². The Morgan fingerprint density at radius 3 is 2.20 bits per heavy atom. The van der Waals surface area contributed by atoms with Crippen molar-refractivity contribution >= 4 is 26.9 Å². The summed E-state index contributed by atoms with van der Waals surface area (Å²) in [6.45, 7) is 14.3. The molecule has 0 saturated heterocycles. The van der Waals surface area contributed by atoms with Crippen molar-refractivity contribution in [2.75, 3.05) is 0 Å². The Labute approximate surface area is 126 Å². The van der Waals surface area contributed by atoms with Crippen molar-refractivity contribution in [3.05, 3.63) is 23.5 Å². The lowest BCUT2D eigenvalue weighted by molar-refractivity contribution is 0.000350. The SMILES string of the molecule is CCc1cc(B(C)OC(C)(C)C(C)(C)C)c(F)cc1P. The van der Waals surface area contributed by atoms with Crippen LogP contribution in [0, 0.1) is 11.2 Å². The predicted molar refractivity (Wildman–Crippen MR) is 91.0 cm³/mol. The molecule has 1 nitrogen and oxygen atoms in total. The van der Waals surface area contributed by atoms with E-state index >= 15 is 0 Å². The highest BCUT2D eigenvalue weighted by molar-refractivity contribution is 7.27. The summed E-state index contributed by atoms with van der Waals surface area (Å²) in [4.78, 5) is 0. The summed E-state index contributed by atoms with van der Waals surface area (Å²) in [5.41, 5.74) is 1.46. The van der Waals surface area contributed by atoms with Crippen molar-refractivity contribution in [1.82, 2.24) is 0 Å². The van der Waals surface area contributed by atoms with Crippen molar-refractivity contribution in [3.8, 4) is 0 Å². The van der Waals surface area contributed by atoms with E-state index in [2.05, 4.69) is 50.8 Å². The van der Waals surface area contributed by atoms with Crippen molar-refractivity contribution in [2.24, 2.45) is 5.41 Å². The third kappa shape index (κ3) is 3.83. The average molecular weight is 296 g/mol. The van der Waals surface area contributed by atoms with Gasteiger partial charge in [0, 0.05) is 0 Å². The van der Waals surface area contributed by atoms with Crippen LogP contribution in [0.3, 0.4) is 0 Å². The number of hydrogen-bond acceptors (Lipinski definition) is 1. The first kappa shape index (κ1) is 17.7. The van der Waals surface area contributed by atoms with Crippen LogP contribution in [-0.2, 0) is 11.1 Å². The second-order valence-corrected chi connectivity index (χ2v) is 7.57. The molecule has 1 aromatic rings. The molecule has 1 aromatic carbocycles. The van der Waals surface area contributed by atoms with E-state index in [0.717, 1.165) is 17.3 Å². The maximum Gasteiger partial charge on any atom is 0.327 e. The van der Waals surface area contributed by atoms with E-state index in [-0.39, 0.29) is 23.7 Å². The fourth-order valence-corrected chi connectivity index (χ4v) is 2.39. The van der Waals surface area contributed by atoms with E-state index in [1.807, 2.05) is 12.9 Å². The zero-order valence-corrected chi connectivity index (χ0v) is 15.0. The van der Waals surface area contributed by atoms with Crippen LogP contribution in [0.4, 0.5) is 4.39 Å². The summed E-state index contributed by atoms with van der Waals surface area (Å²) >= 11 is 0. The summed E-state index contributed by atoms with van der Waals surface area (Å²) in [7, 11) is 2.60. The van der Waals surface area contributed by atoms with E-state index in [0.29, 0.717) is 5.46 Å². The molecule has 1 rings (SSSR count). The summed E-state index contributed by atoms with van der Waals surface area (Å²) in [5.74, 6) is -0.190.